The van der Waals surface area contributed by atoms with Crippen molar-refractivity contribution in [2.75, 3.05) is 0 Å². The van der Waals surface area contributed by atoms with Crippen molar-refractivity contribution in [2.24, 2.45) is 0 Å². The van der Waals surface area contributed by atoms with Crippen LogP contribution in [-0.4, -0.2) is 15.4 Å². The number of hydrogen-bond acceptors (Lipinski definition) is 2. The van der Waals surface area contributed by atoms with E-state index in [1.54, 1.807) is 0 Å². The number of rotatable bonds is 0. The van der Waals surface area contributed by atoms with Crippen LogP contribution in [0.25, 0.3) is 11.0 Å². The molecular formula is C7H6IN3. The molecule has 2 aromatic rings. The minimum Gasteiger partial charge on any atom is -0.197 e. The smallest absolute Gasteiger partial charge is 0.126 e. The van der Waals surface area contributed by atoms with E-state index >= 15 is 0 Å². The van der Waals surface area contributed by atoms with Gasteiger partial charge in [0.2, 0.25) is 0 Å². The van der Waals surface area contributed by atoms with Crippen LogP contribution in [0.1, 0.15) is 5.56 Å². The largest absolute Gasteiger partial charge is 0.197 e. The summed E-state index contributed by atoms with van der Waals surface area (Å²) < 4.78 is 1.14. The van der Waals surface area contributed by atoms with Crippen LogP contribution >= 0.6 is 22.6 Å². The molecule has 11 heavy (non-hydrogen) atoms. The molecule has 0 spiro atoms. The number of fused-ring (bicyclic) bond motifs is 1. The molecule has 56 valence electrons. The van der Waals surface area contributed by atoms with Crippen LogP contribution in [0.3, 0.4) is 0 Å². The van der Waals surface area contributed by atoms with Gasteiger partial charge in [-0.05, 0) is 41.1 Å². The van der Waals surface area contributed by atoms with Crippen molar-refractivity contribution in [3.63, 3.8) is 0 Å². The predicted octanol–water partition coefficient (Wildman–Crippen LogP) is 1.87. The Balaban J connectivity index is 2.96. The second-order valence-electron chi connectivity index (χ2n) is 2.39. The fraction of sp³-hybridized carbons (Fsp3) is 0.143. The van der Waals surface area contributed by atoms with Gasteiger partial charge in [-0.15, -0.1) is 0 Å². The predicted molar refractivity (Wildman–Crippen MR) is 51.3 cm³/mol. The summed E-state index contributed by atoms with van der Waals surface area (Å²) in [6.07, 6.45) is 0. The maximum Gasteiger partial charge on any atom is 0.126 e. The Labute approximate surface area is 77.3 Å². The third-order valence-corrected chi connectivity index (χ3v) is 2.50. The second kappa shape index (κ2) is 2.44. The van der Waals surface area contributed by atoms with Gasteiger partial charge in [-0.1, -0.05) is 6.07 Å². The molecule has 0 atom stereocenters. The fourth-order valence-corrected chi connectivity index (χ4v) is 1.58. The van der Waals surface area contributed by atoms with Crippen LogP contribution in [0.2, 0.25) is 0 Å². The first-order valence-corrected chi connectivity index (χ1v) is 4.32. The molecule has 1 heterocycles. The van der Waals surface area contributed by atoms with Crippen molar-refractivity contribution in [3.8, 4) is 0 Å². The van der Waals surface area contributed by atoms with E-state index in [2.05, 4.69) is 38.0 Å². The van der Waals surface area contributed by atoms with E-state index in [0.717, 1.165) is 20.2 Å². The Morgan fingerprint density at radius 2 is 2.00 bits per heavy atom. The highest BCUT2D eigenvalue weighted by molar-refractivity contribution is 14.1. The minimum absolute atomic E-state index is 0.964. The average molecular weight is 259 g/mol. The zero-order valence-electron chi connectivity index (χ0n) is 5.93. The summed E-state index contributed by atoms with van der Waals surface area (Å²) in [7, 11) is 0. The number of hydrogen-bond donors (Lipinski definition) is 1. The Hall–Kier alpha value is -0.650. The van der Waals surface area contributed by atoms with Crippen LogP contribution in [0.5, 0.6) is 0 Å². The van der Waals surface area contributed by atoms with Gasteiger partial charge in [0.05, 0.1) is 0 Å². The normalized spacial score (nSPS) is 10.7. The Bertz CT molecular complexity index is 357. The Kier molecular flexibility index (Phi) is 1.56. The van der Waals surface area contributed by atoms with Crippen molar-refractivity contribution in [3.05, 3.63) is 21.3 Å². The van der Waals surface area contributed by atoms with Crippen molar-refractivity contribution < 1.29 is 0 Å². The minimum atomic E-state index is 0.964. The highest BCUT2D eigenvalue weighted by Gasteiger charge is 2.03. The molecule has 1 aromatic heterocycles. The molecule has 1 N–H and O–H groups in total. The van der Waals surface area contributed by atoms with E-state index in [0.29, 0.717) is 0 Å². The van der Waals surface area contributed by atoms with E-state index in [4.69, 9.17) is 0 Å². The third kappa shape index (κ3) is 1.01. The molecule has 0 fully saturated rings. The van der Waals surface area contributed by atoms with Crippen molar-refractivity contribution >= 4 is 33.6 Å². The monoisotopic (exact) mass is 259 g/mol. The number of nitrogens with zero attached hydrogens (tertiary/aromatic N) is 2. The number of halogens is 1. The first kappa shape index (κ1) is 7.02. The second-order valence-corrected chi connectivity index (χ2v) is 3.55. The molecular weight excluding hydrogens is 253 g/mol. The first-order chi connectivity index (χ1) is 5.29. The standard InChI is InChI=1S/C7H6IN3/c1-4-2-3-5(8)7-6(4)9-11-10-7/h2-3H,1H3,(H,9,10,11). The highest BCUT2D eigenvalue weighted by Crippen LogP contribution is 2.18. The molecule has 0 aliphatic rings. The van der Waals surface area contributed by atoms with Gasteiger partial charge in [0.1, 0.15) is 11.0 Å². The maximum atomic E-state index is 4.04. The third-order valence-electron chi connectivity index (χ3n) is 1.63. The lowest BCUT2D eigenvalue weighted by atomic mass is 10.2. The summed E-state index contributed by atoms with van der Waals surface area (Å²) in [6, 6.07) is 4.09. The number of aryl methyl sites for hydroxylation is 1. The van der Waals surface area contributed by atoms with Gasteiger partial charge in [0, 0.05) is 3.57 Å². The molecule has 4 heteroatoms. The van der Waals surface area contributed by atoms with Gasteiger partial charge in [-0.2, -0.15) is 15.4 Å². The number of nitrogens with one attached hydrogen (secondary N) is 1. The number of aromatic amines is 1. The molecule has 0 aliphatic heterocycles. The van der Waals surface area contributed by atoms with Crippen LogP contribution in [-0.2, 0) is 0 Å². The molecule has 0 unspecified atom stereocenters. The van der Waals surface area contributed by atoms with Gasteiger partial charge >= 0.3 is 0 Å². The van der Waals surface area contributed by atoms with Gasteiger partial charge in [0.15, 0.2) is 0 Å². The molecule has 0 saturated heterocycles. The van der Waals surface area contributed by atoms with Gasteiger partial charge in [0.25, 0.3) is 0 Å². The van der Waals surface area contributed by atoms with Crippen molar-refractivity contribution in [1.82, 2.24) is 15.4 Å². The average Bonchev–Trinajstić information content (AvgIpc) is 2.45. The van der Waals surface area contributed by atoms with E-state index in [-0.39, 0.29) is 0 Å². The molecule has 0 saturated carbocycles. The lowest BCUT2D eigenvalue weighted by Crippen LogP contribution is -1.79. The zero-order valence-corrected chi connectivity index (χ0v) is 8.08. The first-order valence-electron chi connectivity index (χ1n) is 3.24. The maximum absolute atomic E-state index is 4.04. The summed E-state index contributed by atoms with van der Waals surface area (Å²) in [5, 5.41) is 10.7. The Morgan fingerprint density at radius 3 is 2.73 bits per heavy atom. The van der Waals surface area contributed by atoms with Crippen LogP contribution in [0.4, 0.5) is 0 Å². The molecule has 0 bridgehead atoms. The molecule has 1 aromatic carbocycles. The zero-order chi connectivity index (χ0) is 7.84. The summed E-state index contributed by atoms with van der Waals surface area (Å²) in [4.78, 5) is 0. The molecule has 2 rings (SSSR count). The lowest BCUT2D eigenvalue weighted by Gasteiger charge is -1.93. The lowest BCUT2D eigenvalue weighted by molar-refractivity contribution is 0.958. The van der Waals surface area contributed by atoms with E-state index in [1.807, 2.05) is 19.1 Å². The van der Waals surface area contributed by atoms with Crippen LogP contribution in [0.15, 0.2) is 12.1 Å². The summed E-state index contributed by atoms with van der Waals surface area (Å²) in [6.45, 7) is 2.03. The van der Waals surface area contributed by atoms with E-state index < -0.39 is 0 Å². The molecule has 0 amide bonds. The Morgan fingerprint density at radius 1 is 1.27 bits per heavy atom. The molecule has 0 aliphatic carbocycles. The highest BCUT2D eigenvalue weighted by atomic mass is 127. The summed E-state index contributed by atoms with van der Waals surface area (Å²) in [5.41, 5.74) is 3.09. The van der Waals surface area contributed by atoms with E-state index in [1.165, 1.54) is 0 Å². The number of aromatic nitrogens is 3. The van der Waals surface area contributed by atoms with Gasteiger partial charge in [-0.3, -0.25) is 0 Å². The number of benzene rings is 1. The van der Waals surface area contributed by atoms with Crippen molar-refractivity contribution in [2.45, 2.75) is 6.92 Å². The topological polar surface area (TPSA) is 41.6 Å². The van der Waals surface area contributed by atoms with Gasteiger partial charge in [-0.25, -0.2) is 0 Å². The van der Waals surface area contributed by atoms with E-state index in [9.17, 15) is 0 Å². The van der Waals surface area contributed by atoms with Crippen LogP contribution in [0, 0.1) is 10.5 Å². The van der Waals surface area contributed by atoms with Crippen molar-refractivity contribution in [1.29, 1.82) is 0 Å². The molecule has 3 nitrogen and oxygen atoms in total. The summed E-state index contributed by atoms with van der Waals surface area (Å²) in [5.74, 6) is 0. The summed E-state index contributed by atoms with van der Waals surface area (Å²) >= 11 is 2.25. The molecule has 0 radical (unpaired) electrons. The van der Waals surface area contributed by atoms with Crippen LogP contribution < -0.4 is 0 Å². The number of H-pyrrole nitrogens is 1. The van der Waals surface area contributed by atoms with Gasteiger partial charge < -0.3 is 0 Å². The quantitative estimate of drug-likeness (QED) is 0.734. The fourth-order valence-electron chi connectivity index (χ4n) is 1.03. The SMILES string of the molecule is Cc1ccc(I)c2n[nH]nc12.